The molecule has 0 bridgehead atoms. The smallest absolute Gasteiger partial charge is 0.468 e. The van der Waals surface area contributed by atoms with Crippen molar-refractivity contribution in [3.8, 4) is 11.5 Å². The zero-order valence-electron chi connectivity index (χ0n) is 21.2. The van der Waals surface area contributed by atoms with E-state index in [2.05, 4.69) is 5.32 Å². The molecule has 0 unspecified atom stereocenters. The van der Waals surface area contributed by atoms with Gasteiger partial charge >= 0.3 is 24.1 Å². The molecule has 1 aromatic rings. The molecule has 0 aliphatic carbocycles. The summed E-state index contributed by atoms with van der Waals surface area (Å²) in [7, 11) is 1.27. The van der Waals surface area contributed by atoms with Gasteiger partial charge in [0.05, 0.1) is 13.7 Å². The molecule has 0 aliphatic rings. The van der Waals surface area contributed by atoms with Crippen LogP contribution in [0.3, 0.4) is 0 Å². The van der Waals surface area contributed by atoms with Crippen molar-refractivity contribution in [2.24, 2.45) is 5.92 Å². The number of ether oxygens (including phenoxy) is 5. The molecule has 10 nitrogen and oxygen atoms in total. The van der Waals surface area contributed by atoms with Gasteiger partial charge in [0.25, 0.3) is 0 Å². The van der Waals surface area contributed by atoms with E-state index in [1.165, 1.54) is 13.2 Å². The monoisotopic (exact) mass is 495 g/mol. The topological polar surface area (TPSA) is 126 Å². The fraction of sp³-hybridized carbons (Fsp3) is 0.600. The van der Waals surface area contributed by atoms with Crippen molar-refractivity contribution < 1.29 is 42.9 Å². The Morgan fingerprint density at radius 1 is 0.914 bits per heavy atom. The Hall–Kier alpha value is -3.14. The SMILES string of the molecule is CCCC(=O)Oc1ccc(C[C@H](NCCOC(=O)OCC(C)C)C(=O)OC)cc1OC(=O)CCC. The molecule has 0 aliphatic heterocycles. The Kier molecular flexibility index (Phi) is 14.1. The van der Waals surface area contributed by atoms with E-state index in [0.717, 1.165) is 0 Å². The third kappa shape index (κ3) is 12.2. The van der Waals surface area contributed by atoms with Gasteiger partial charge in [0.1, 0.15) is 12.6 Å². The first kappa shape index (κ1) is 29.9. The lowest BCUT2D eigenvalue weighted by Gasteiger charge is -2.18. The zero-order chi connectivity index (χ0) is 26.2. The fourth-order valence-electron chi connectivity index (χ4n) is 2.86. The summed E-state index contributed by atoms with van der Waals surface area (Å²) in [5.41, 5.74) is 0.639. The molecular formula is C25H37NO9. The maximum Gasteiger partial charge on any atom is 0.508 e. The third-order valence-corrected chi connectivity index (χ3v) is 4.54. The van der Waals surface area contributed by atoms with Crippen LogP contribution in [-0.2, 0) is 35.0 Å². The van der Waals surface area contributed by atoms with Crippen molar-refractivity contribution in [1.82, 2.24) is 5.32 Å². The quantitative estimate of drug-likeness (QED) is 0.219. The number of carbonyl (C=O) groups excluding carboxylic acids is 4. The van der Waals surface area contributed by atoms with Crippen LogP contribution < -0.4 is 14.8 Å². The molecule has 196 valence electrons. The number of rotatable bonds is 15. The molecule has 35 heavy (non-hydrogen) atoms. The van der Waals surface area contributed by atoms with Crippen LogP contribution in [0.4, 0.5) is 4.79 Å². The molecule has 0 heterocycles. The van der Waals surface area contributed by atoms with Gasteiger partial charge in [0, 0.05) is 19.4 Å². The molecule has 0 aromatic heterocycles. The van der Waals surface area contributed by atoms with Gasteiger partial charge in [0.15, 0.2) is 11.5 Å². The molecule has 1 N–H and O–H groups in total. The van der Waals surface area contributed by atoms with E-state index in [4.69, 9.17) is 23.7 Å². The Bertz CT molecular complexity index is 838. The predicted octanol–water partition coefficient (Wildman–Crippen LogP) is 3.58. The number of carbonyl (C=O) groups is 4. The maximum atomic E-state index is 12.3. The van der Waals surface area contributed by atoms with E-state index in [1.807, 2.05) is 27.7 Å². The molecule has 10 heteroatoms. The minimum atomic E-state index is -0.776. The summed E-state index contributed by atoms with van der Waals surface area (Å²) in [6.07, 6.45) is 1.07. The summed E-state index contributed by atoms with van der Waals surface area (Å²) in [6, 6.07) is 3.99. The molecule has 0 fully saturated rings. The molecule has 0 spiro atoms. The van der Waals surface area contributed by atoms with Crippen molar-refractivity contribution in [3.63, 3.8) is 0 Å². The van der Waals surface area contributed by atoms with Gasteiger partial charge in [-0.3, -0.25) is 14.4 Å². The summed E-state index contributed by atoms with van der Waals surface area (Å²) in [5.74, 6) is -0.985. The maximum absolute atomic E-state index is 12.3. The molecule has 1 rings (SSSR count). The van der Waals surface area contributed by atoms with Crippen LogP contribution in [0.25, 0.3) is 0 Å². The van der Waals surface area contributed by atoms with Gasteiger partial charge in [-0.15, -0.1) is 0 Å². The Labute approximate surface area is 206 Å². The second-order valence-electron chi connectivity index (χ2n) is 8.27. The van der Waals surface area contributed by atoms with Gasteiger partial charge in [-0.2, -0.15) is 0 Å². The number of hydrogen-bond donors (Lipinski definition) is 1. The second kappa shape index (κ2) is 16.5. The summed E-state index contributed by atoms with van der Waals surface area (Å²) < 4.78 is 25.5. The van der Waals surface area contributed by atoms with Crippen molar-refractivity contribution in [1.29, 1.82) is 0 Å². The molecule has 1 atom stereocenters. The molecule has 0 amide bonds. The number of esters is 3. The van der Waals surface area contributed by atoms with Gasteiger partial charge < -0.3 is 29.0 Å². The van der Waals surface area contributed by atoms with Crippen LogP contribution in [0.2, 0.25) is 0 Å². The van der Waals surface area contributed by atoms with E-state index in [9.17, 15) is 19.2 Å². The van der Waals surface area contributed by atoms with Crippen molar-refractivity contribution in [3.05, 3.63) is 23.8 Å². The Morgan fingerprint density at radius 3 is 2.11 bits per heavy atom. The van der Waals surface area contributed by atoms with Gasteiger partial charge in [-0.25, -0.2) is 4.79 Å². The van der Waals surface area contributed by atoms with E-state index in [-0.39, 0.29) is 56.4 Å². The first-order valence-corrected chi connectivity index (χ1v) is 11.8. The zero-order valence-corrected chi connectivity index (χ0v) is 21.2. The van der Waals surface area contributed by atoms with E-state index in [0.29, 0.717) is 18.4 Å². The summed E-state index contributed by atoms with van der Waals surface area (Å²) in [6.45, 7) is 7.96. The lowest BCUT2D eigenvalue weighted by molar-refractivity contribution is -0.143. The van der Waals surface area contributed by atoms with E-state index in [1.54, 1.807) is 12.1 Å². The highest BCUT2D eigenvalue weighted by molar-refractivity contribution is 5.77. The third-order valence-electron chi connectivity index (χ3n) is 4.54. The van der Waals surface area contributed by atoms with Crippen LogP contribution in [0.1, 0.15) is 58.9 Å². The summed E-state index contributed by atoms with van der Waals surface area (Å²) >= 11 is 0. The fourth-order valence-corrected chi connectivity index (χ4v) is 2.86. The largest absolute Gasteiger partial charge is 0.508 e. The molecule has 0 saturated carbocycles. The lowest BCUT2D eigenvalue weighted by Crippen LogP contribution is -2.41. The van der Waals surface area contributed by atoms with E-state index < -0.39 is 30.1 Å². The number of benzene rings is 1. The van der Waals surface area contributed by atoms with Crippen LogP contribution in [0.5, 0.6) is 11.5 Å². The van der Waals surface area contributed by atoms with Crippen LogP contribution in [-0.4, -0.2) is 57.0 Å². The first-order valence-electron chi connectivity index (χ1n) is 11.8. The summed E-state index contributed by atoms with van der Waals surface area (Å²) in [4.78, 5) is 47.9. The molecule has 0 saturated heterocycles. The van der Waals surface area contributed by atoms with E-state index >= 15 is 0 Å². The molecule has 0 radical (unpaired) electrons. The Balaban J connectivity index is 2.87. The average molecular weight is 496 g/mol. The number of nitrogens with one attached hydrogen (secondary N) is 1. The van der Waals surface area contributed by atoms with Gasteiger partial charge in [0.2, 0.25) is 0 Å². The standard InChI is InChI=1S/C25H37NO9/c1-6-8-22(27)34-20-11-10-18(15-21(20)35-23(28)9-7-2)14-19(24(29)31-5)26-12-13-32-25(30)33-16-17(3)4/h10-11,15,17,19,26H,6-9,12-14,16H2,1-5H3/t19-/m0/s1. The number of hydrogen-bond acceptors (Lipinski definition) is 10. The Morgan fingerprint density at radius 2 is 1.54 bits per heavy atom. The lowest BCUT2D eigenvalue weighted by atomic mass is 10.1. The highest BCUT2D eigenvalue weighted by Gasteiger charge is 2.21. The number of methoxy groups -OCH3 is 1. The van der Waals surface area contributed by atoms with Crippen LogP contribution >= 0.6 is 0 Å². The van der Waals surface area contributed by atoms with Crippen molar-refractivity contribution >= 4 is 24.1 Å². The van der Waals surface area contributed by atoms with Crippen molar-refractivity contribution in [2.75, 3.05) is 26.9 Å². The average Bonchev–Trinajstić information content (AvgIpc) is 2.81. The van der Waals surface area contributed by atoms with Gasteiger partial charge in [-0.1, -0.05) is 33.8 Å². The van der Waals surface area contributed by atoms with Crippen LogP contribution in [0.15, 0.2) is 18.2 Å². The summed E-state index contributed by atoms with van der Waals surface area (Å²) in [5, 5.41) is 2.98. The molecular weight excluding hydrogens is 458 g/mol. The minimum Gasteiger partial charge on any atom is -0.468 e. The van der Waals surface area contributed by atoms with Crippen LogP contribution in [0, 0.1) is 5.92 Å². The van der Waals surface area contributed by atoms with Crippen molar-refractivity contribution in [2.45, 2.75) is 65.8 Å². The second-order valence-corrected chi connectivity index (χ2v) is 8.27. The first-order chi connectivity index (χ1) is 16.7. The molecule has 1 aromatic carbocycles. The normalized spacial score (nSPS) is 11.5. The minimum absolute atomic E-state index is 0.00335. The predicted molar refractivity (Wildman–Crippen MR) is 127 cm³/mol. The highest BCUT2D eigenvalue weighted by Crippen LogP contribution is 2.30. The van der Waals surface area contributed by atoms with Gasteiger partial charge in [-0.05, 0) is 42.9 Å². The highest BCUT2D eigenvalue weighted by atomic mass is 16.7.